The number of furan rings is 1. The monoisotopic (exact) mass is 293 g/mol. The van der Waals surface area contributed by atoms with Gasteiger partial charge in [0.05, 0.1) is 17.5 Å². The molecule has 0 aliphatic carbocycles. The van der Waals surface area contributed by atoms with Crippen LogP contribution in [-0.2, 0) is 9.84 Å². The predicted molar refractivity (Wildman–Crippen MR) is 79.4 cm³/mol. The fraction of sp³-hybridized carbons (Fsp3) is 0.467. The van der Waals surface area contributed by atoms with E-state index < -0.39 is 9.84 Å². The summed E-state index contributed by atoms with van der Waals surface area (Å²) in [5, 5.41) is 4.48. The average Bonchev–Trinajstić information content (AvgIpc) is 2.90. The Hall–Kier alpha value is -1.33. The molecule has 1 aliphatic heterocycles. The van der Waals surface area contributed by atoms with Crippen LogP contribution in [0.5, 0.6) is 0 Å². The molecule has 1 saturated heterocycles. The maximum absolute atomic E-state index is 11.6. The third-order valence-corrected chi connectivity index (χ3v) is 5.84. The van der Waals surface area contributed by atoms with E-state index in [4.69, 9.17) is 4.42 Å². The van der Waals surface area contributed by atoms with Crippen molar-refractivity contribution in [2.75, 3.05) is 11.5 Å². The molecular weight excluding hydrogens is 274 g/mol. The van der Waals surface area contributed by atoms with E-state index in [1.807, 2.05) is 44.2 Å². The van der Waals surface area contributed by atoms with Crippen LogP contribution in [0.3, 0.4) is 0 Å². The zero-order chi connectivity index (χ0) is 14.4. The summed E-state index contributed by atoms with van der Waals surface area (Å²) in [5.41, 5.74) is 0.498. The molecular formula is C15H19NO3S. The molecule has 5 heteroatoms. The van der Waals surface area contributed by atoms with Crippen LogP contribution < -0.4 is 5.32 Å². The number of para-hydroxylation sites is 1. The molecule has 2 unspecified atom stereocenters. The van der Waals surface area contributed by atoms with Gasteiger partial charge in [-0.1, -0.05) is 18.2 Å². The second kappa shape index (κ2) is 4.60. The summed E-state index contributed by atoms with van der Waals surface area (Å²) in [7, 11) is -2.90. The van der Waals surface area contributed by atoms with Crippen molar-refractivity contribution in [3.63, 3.8) is 0 Å². The molecule has 20 heavy (non-hydrogen) atoms. The van der Waals surface area contributed by atoms with Crippen LogP contribution in [0.15, 0.2) is 34.7 Å². The van der Waals surface area contributed by atoms with Crippen LogP contribution in [0, 0.1) is 0 Å². The van der Waals surface area contributed by atoms with E-state index in [0.29, 0.717) is 6.42 Å². The summed E-state index contributed by atoms with van der Waals surface area (Å²) in [5.74, 6) is 1.31. The number of hydrogen-bond acceptors (Lipinski definition) is 4. The standard InChI is InChI=1S/C15H19NO3S/c1-11(16-15(2)7-8-20(17,18)10-15)14-9-12-5-3-4-6-13(12)19-14/h3-6,9,11,16H,7-8,10H2,1-2H3. The van der Waals surface area contributed by atoms with Crippen LogP contribution in [0.1, 0.15) is 32.1 Å². The highest BCUT2D eigenvalue weighted by atomic mass is 32.2. The summed E-state index contributed by atoms with van der Waals surface area (Å²) in [4.78, 5) is 0. The first-order valence-electron chi connectivity index (χ1n) is 6.84. The second-order valence-corrected chi connectivity index (χ2v) is 8.14. The zero-order valence-corrected chi connectivity index (χ0v) is 12.5. The second-order valence-electron chi connectivity index (χ2n) is 5.96. The minimum Gasteiger partial charge on any atom is -0.459 e. The summed E-state index contributed by atoms with van der Waals surface area (Å²) in [6.07, 6.45) is 0.653. The number of hydrogen-bond donors (Lipinski definition) is 1. The van der Waals surface area contributed by atoms with Crippen LogP contribution in [0.4, 0.5) is 0 Å². The number of sulfone groups is 1. The van der Waals surface area contributed by atoms with E-state index in [9.17, 15) is 8.42 Å². The van der Waals surface area contributed by atoms with Gasteiger partial charge >= 0.3 is 0 Å². The summed E-state index contributed by atoms with van der Waals surface area (Å²) >= 11 is 0. The van der Waals surface area contributed by atoms with E-state index in [1.165, 1.54) is 0 Å². The van der Waals surface area contributed by atoms with Gasteiger partial charge in [0, 0.05) is 10.9 Å². The van der Waals surface area contributed by atoms with E-state index in [2.05, 4.69) is 5.32 Å². The molecule has 2 heterocycles. The Kier molecular flexibility index (Phi) is 3.14. The molecule has 2 aromatic rings. The molecule has 1 aliphatic rings. The highest BCUT2D eigenvalue weighted by Gasteiger charge is 2.39. The highest BCUT2D eigenvalue weighted by molar-refractivity contribution is 7.91. The third-order valence-electron chi connectivity index (χ3n) is 3.94. The Bertz CT molecular complexity index is 701. The molecule has 3 rings (SSSR count). The first-order valence-corrected chi connectivity index (χ1v) is 8.66. The molecule has 0 saturated carbocycles. The summed E-state index contributed by atoms with van der Waals surface area (Å²) in [6, 6.07) is 9.87. The molecule has 4 nitrogen and oxygen atoms in total. The Morgan fingerprint density at radius 1 is 1.35 bits per heavy atom. The number of rotatable bonds is 3. The lowest BCUT2D eigenvalue weighted by molar-refractivity contribution is 0.327. The van der Waals surface area contributed by atoms with Gasteiger partial charge in [-0.2, -0.15) is 0 Å². The molecule has 1 aromatic carbocycles. The van der Waals surface area contributed by atoms with Crippen molar-refractivity contribution in [2.24, 2.45) is 0 Å². The molecule has 0 bridgehead atoms. The molecule has 0 radical (unpaired) electrons. The minimum atomic E-state index is -2.90. The first kappa shape index (κ1) is 13.6. The number of nitrogens with one attached hydrogen (secondary N) is 1. The van der Waals surface area contributed by atoms with Gasteiger partial charge in [-0.3, -0.25) is 0 Å². The summed E-state index contributed by atoms with van der Waals surface area (Å²) < 4.78 is 29.1. The first-order chi connectivity index (χ1) is 9.37. The average molecular weight is 293 g/mol. The van der Waals surface area contributed by atoms with Crippen molar-refractivity contribution in [2.45, 2.75) is 31.8 Å². The van der Waals surface area contributed by atoms with Gasteiger partial charge in [0.1, 0.15) is 11.3 Å². The van der Waals surface area contributed by atoms with Gasteiger partial charge in [0.2, 0.25) is 0 Å². The quantitative estimate of drug-likeness (QED) is 0.945. The van der Waals surface area contributed by atoms with Crippen molar-refractivity contribution < 1.29 is 12.8 Å². The lowest BCUT2D eigenvalue weighted by Gasteiger charge is -2.27. The van der Waals surface area contributed by atoms with Crippen molar-refractivity contribution >= 4 is 20.8 Å². The van der Waals surface area contributed by atoms with E-state index >= 15 is 0 Å². The van der Waals surface area contributed by atoms with Crippen LogP contribution in [-0.4, -0.2) is 25.5 Å². The lowest BCUT2D eigenvalue weighted by Crippen LogP contribution is -2.44. The highest BCUT2D eigenvalue weighted by Crippen LogP contribution is 2.29. The SMILES string of the molecule is CC(NC1(C)CCS(=O)(=O)C1)c1cc2ccccc2o1. The van der Waals surface area contributed by atoms with Gasteiger partial charge in [-0.05, 0) is 32.4 Å². The van der Waals surface area contributed by atoms with Crippen LogP contribution in [0.25, 0.3) is 11.0 Å². The van der Waals surface area contributed by atoms with E-state index in [0.717, 1.165) is 16.7 Å². The summed E-state index contributed by atoms with van der Waals surface area (Å²) in [6.45, 7) is 3.98. The van der Waals surface area contributed by atoms with Crippen LogP contribution >= 0.6 is 0 Å². The molecule has 1 aromatic heterocycles. The fourth-order valence-electron chi connectivity index (χ4n) is 2.93. The third kappa shape index (κ3) is 2.60. The van der Waals surface area contributed by atoms with Crippen molar-refractivity contribution in [1.29, 1.82) is 0 Å². The molecule has 0 amide bonds. The molecule has 1 N–H and O–H groups in total. The maximum Gasteiger partial charge on any atom is 0.152 e. The Balaban J connectivity index is 1.81. The van der Waals surface area contributed by atoms with Gasteiger partial charge in [0.15, 0.2) is 9.84 Å². The van der Waals surface area contributed by atoms with Gasteiger partial charge in [0.25, 0.3) is 0 Å². The Morgan fingerprint density at radius 3 is 2.75 bits per heavy atom. The van der Waals surface area contributed by atoms with Gasteiger partial charge < -0.3 is 9.73 Å². The van der Waals surface area contributed by atoms with Gasteiger partial charge in [-0.15, -0.1) is 0 Å². The number of benzene rings is 1. The normalized spacial score (nSPS) is 26.9. The fourth-order valence-corrected chi connectivity index (χ4v) is 5.04. The minimum absolute atomic E-state index is 0.0132. The Labute approximate surface area is 119 Å². The van der Waals surface area contributed by atoms with Crippen molar-refractivity contribution in [3.05, 3.63) is 36.1 Å². The zero-order valence-electron chi connectivity index (χ0n) is 11.7. The topological polar surface area (TPSA) is 59.3 Å². The smallest absolute Gasteiger partial charge is 0.152 e. The van der Waals surface area contributed by atoms with Crippen LogP contribution in [0.2, 0.25) is 0 Å². The molecule has 108 valence electrons. The Morgan fingerprint density at radius 2 is 2.10 bits per heavy atom. The number of fused-ring (bicyclic) bond motifs is 1. The largest absolute Gasteiger partial charge is 0.459 e. The van der Waals surface area contributed by atoms with E-state index in [-0.39, 0.29) is 23.1 Å². The maximum atomic E-state index is 11.6. The van der Waals surface area contributed by atoms with E-state index in [1.54, 1.807) is 0 Å². The predicted octanol–water partition coefficient (Wildman–Crippen LogP) is 2.66. The van der Waals surface area contributed by atoms with Crippen molar-refractivity contribution in [3.8, 4) is 0 Å². The molecule has 2 atom stereocenters. The molecule has 0 spiro atoms. The lowest BCUT2D eigenvalue weighted by atomic mass is 10.0. The van der Waals surface area contributed by atoms with Crippen molar-refractivity contribution in [1.82, 2.24) is 5.32 Å². The van der Waals surface area contributed by atoms with Gasteiger partial charge in [-0.25, -0.2) is 8.42 Å². The molecule has 1 fully saturated rings.